The smallest absolute Gasteiger partial charge is 0.304 e. The van der Waals surface area contributed by atoms with Gasteiger partial charge in [0.2, 0.25) is 0 Å². The molecule has 0 spiro atoms. The number of ether oxygens (including phenoxy) is 2. The molecule has 0 saturated carbocycles. The van der Waals surface area contributed by atoms with Crippen molar-refractivity contribution in [2.45, 2.75) is 50.5 Å². The first kappa shape index (κ1) is 11.6. The molecule has 2 saturated heterocycles. The van der Waals surface area contributed by atoms with Crippen LogP contribution in [0.15, 0.2) is 29.7 Å². The minimum absolute atomic E-state index is 0.0705. The van der Waals surface area contributed by atoms with E-state index >= 15 is 0 Å². The van der Waals surface area contributed by atoms with Crippen molar-refractivity contribution in [3.63, 3.8) is 0 Å². The van der Waals surface area contributed by atoms with Crippen LogP contribution in [0.25, 0.3) is 0 Å². The minimum Gasteiger partial charge on any atom is -0.440 e. The highest BCUT2D eigenvalue weighted by molar-refractivity contribution is 7.11. The number of nitrogens with one attached hydrogen (secondary N) is 1. The Morgan fingerprint density at radius 1 is 1.47 bits per heavy atom. The van der Waals surface area contributed by atoms with Gasteiger partial charge in [-0.1, -0.05) is 0 Å². The first-order chi connectivity index (χ1) is 9.29. The Hall–Kier alpha value is -1.20. The van der Waals surface area contributed by atoms with Crippen molar-refractivity contribution >= 4 is 11.3 Å². The van der Waals surface area contributed by atoms with Crippen molar-refractivity contribution in [2.24, 2.45) is 0 Å². The van der Waals surface area contributed by atoms with Crippen LogP contribution in [0.4, 0.5) is 0 Å². The number of hydrogen-bond donors (Lipinski definition) is 1. The molecular formula is C14H18N2O2S. The molecule has 19 heavy (non-hydrogen) atoms. The van der Waals surface area contributed by atoms with E-state index < -0.39 is 0 Å². The maximum atomic E-state index is 5.81. The lowest BCUT2D eigenvalue weighted by Crippen LogP contribution is -2.43. The van der Waals surface area contributed by atoms with E-state index in [0.29, 0.717) is 24.1 Å². The Balaban J connectivity index is 1.48. The van der Waals surface area contributed by atoms with Crippen molar-refractivity contribution in [1.29, 1.82) is 0 Å². The quantitative estimate of drug-likeness (QED) is 0.921. The fourth-order valence-corrected chi connectivity index (χ4v) is 4.03. The molecule has 2 fully saturated rings. The van der Waals surface area contributed by atoms with Gasteiger partial charge in [-0.3, -0.25) is 0 Å². The molecule has 3 aliphatic heterocycles. The average Bonchev–Trinajstić information content (AvgIpc) is 3.13. The Kier molecular flexibility index (Phi) is 2.70. The molecule has 4 atom stereocenters. The fraction of sp³-hybridized carbons (Fsp3) is 0.571. The van der Waals surface area contributed by atoms with E-state index in [9.17, 15) is 0 Å². The predicted octanol–water partition coefficient (Wildman–Crippen LogP) is 2.50. The third kappa shape index (κ3) is 2.01. The summed E-state index contributed by atoms with van der Waals surface area (Å²) in [6, 6.07) is 5.82. The molecule has 4 nitrogen and oxygen atoms in total. The SMILES string of the molecule is CC1OC(Oc2cccs2)=CN1[C@@H]1C[C@H]2CC[C@@H]1N2. The summed E-state index contributed by atoms with van der Waals surface area (Å²) in [5, 5.41) is 6.56. The summed E-state index contributed by atoms with van der Waals surface area (Å²) in [5.41, 5.74) is 0. The molecule has 1 unspecified atom stereocenters. The van der Waals surface area contributed by atoms with E-state index in [4.69, 9.17) is 9.47 Å². The summed E-state index contributed by atoms with van der Waals surface area (Å²) in [4.78, 5) is 2.32. The first-order valence-electron chi connectivity index (χ1n) is 6.93. The van der Waals surface area contributed by atoms with Gasteiger partial charge in [-0.05, 0) is 43.7 Å². The molecule has 4 rings (SSSR count). The van der Waals surface area contributed by atoms with Crippen LogP contribution in [0.2, 0.25) is 0 Å². The lowest BCUT2D eigenvalue weighted by Gasteiger charge is -2.32. The van der Waals surface area contributed by atoms with Crippen molar-refractivity contribution in [1.82, 2.24) is 10.2 Å². The zero-order valence-corrected chi connectivity index (χ0v) is 11.7. The zero-order chi connectivity index (χ0) is 12.8. The van der Waals surface area contributed by atoms with Crippen LogP contribution in [-0.2, 0) is 4.74 Å². The Labute approximate surface area is 117 Å². The molecule has 0 amide bonds. The van der Waals surface area contributed by atoms with E-state index in [1.54, 1.807) is 11.3 Å². The molecule has 0 radical (unpaired) electrons. The topological polar surface area (TPSA) is 33.7 Å². The van der Waals surface area contributed by atoms with Gasteiger partial charge in [-0.25, -0.2) is 0 Å². The summed E-state index contributed by atoms with van der Waals surface area (Å²) in [7, 11) is 0. The monoisotopic (exact) mass is 278 g/mol. The van der Waals surface area contributed by atoms with E-state index in [0.717, 1.165) is 5.06 Å². The molecule has 2 bridgehead atoms. The third-order valence-corrected chi connectivity index (χ3v) is 5.05. The van der Waals surface area contributed by atoms with Crippen molar-refractivity contribution in [2.75, 3.05) is 0 Å². The number of thiophene rings is 1. The molecule has 1 aromatic rings. The molecule has 3 aliphatic rings. The lowest BCUT2D eigenvalue weighted by molar-refractivity contribution is -0.000687. The van der Waals surface area contributed by atoms with Gasteiger partial charge in [0.25, 0.3) is 0 Å². The van der Waals surface area contributed by atoms with Gasteiger partial charge in [-0.15, -0.1) is 11.3 Å². The summed E-state index contributed by atoms with van der Waals surface area (Å²) in [6.45, 7) is 2.09. The highest BCUT2D eigenvalue weighted by Crippen LogP contribution is 2.36. The van der Waals surface area contributed by atoms with Gasteiger partial charge in [0.05, 0.1) is 6.20 Å². The van der Waals surface area contributed by atoms with Gasteiger partial charge in [-0.2, -0.15) is 0 Å². The second kappa shape index (κ2) is 4.42. The van der Waals surface area contributed by atoms with Crippen LogP contribution < -0.4 is 10.1 Å². The first-order valence-corrected chi connectivity index (χ1v) is 7.81. The van der Waals surface area contributed by atoms with Gasteiger partial charge in [0.15, 0.2) is 11.3 Å². The lowest BCUT2D eigenvalue weighted by atomic mass is 9.94. The molecule has 1 N–H and O–H groups in total. The third-order valence-electron chi connectivity index (χ3n) is 4.31. The van der Waals surface area contributed by atoms with E-state index in [1.807, 2.05) is 23.7 Å². The predicted molar refractivity (Wildman–Crippen MR) is 73.8 cm³/mol. The maximum absolute atomic E-state index is 5.81. The maximum Gasteiger partial charge on any atom is 0.304 e. The number of hydrogen-bond acceptors (Lipinski definition) is 5. The van der Waals surface area contributed by atoms with Crippen LogP contribution in [-0.4, -0.2) is 29.3 Å². The minimum atomic E-state index is 0.0705. The van der Waals surface area contributed by atoms with E-state index in [2.05, 4.69) is 17.1 Å². The highest BCUT2D eigenvalue weighted by Gasteiger charge is 2.44. The fourth-order valence-electron chi connectivity index (χ4n) is 3.45. The van der Waals surface area contributed by atoms with Crippen molar-refractivity contribution in [3.05, 3.63) is 29.7 Å². The second-order valence-electron chi connectivity index (χ2n) is 5.50. The Morgan fingerprint density at radius 2 is 2.42 bits per heavy atom. The highest BCUT2D eigenvalue weighted by atomic mass is 32.1. The number of fused-ring (bicyclic) bond motifs is 2. The molecule has 0 aliphatic carbocycles. The van der Waals surface area contributed by atoms with Crippen LogP contribution in [0.1, 0.15) is 26.2 Å². The Bertz CT molecular complexity index is 488. The summed E-state index contributed by atoms with van der Waals surface area (Å²) in [6.07, 6.45) is 5.94. The van der Waals surface area contributed by atoms with Gasteiger partial charge in [0.1, 0.15) is 0 Å². The number of nitrogens with zero attached hydrogens (tertiary/aromatic N) is 1. The normalized spacial score (nSPS) is 36.5. The summed E-state index contributed by atoms with van der Waals surface area (Å²) in [5.74, 6) is 0.623. The van der Waals surface area contributed by atoms with Gasteiger partial charge < -0.3 is 19.7 Å². The molecule has 4 heterocycles. The van der Waals surface area contributed by atoms with Crippen LogP contribution >= 0.6 is 11.3 Å². The van der Waals surface area contributed by atoms with Crippen LogP contribution in [0, 0.1) is 0 Å². The van der Waals surface area contributed by atoms with Crippen LogP contribution in [0.5, 0.6) is 5.06 Å². The molecule has 5 heteroatoms. The summed E-state index contributed by atoms with van der Waals surface area (Å²) >= 11 is 1.58. The largest absolute Gasteiger partial charge is 0.440 e. The Morgan fingerprint density at radius 3 is 3.11 bits per heavy atom. The zero-order valence-electron chi connectivity index (χ0n) is 10.9. The van der Waals surface area contributed by atoms with Gasteiger partial charge in [0, 0.05) is 18.1 Å². The van der Waals surface area contributed by atoms with Crippen molar-refractivity contribution in [3.8, 4) is 5.06 Å². The van der Waals surface area contributed by atoms with Crippen molar-refractivity contribution < 1.29 is 9.47 Å². The molecule has 102 valence electrons. The molecule has 1 aromatic heterocycles. The standard InChI is InChI=1S/C14H18N2O2S/c1-9-16(12-7-10-4-5-11(12)15-10)8-13(17-9)18-14-3-2-6-19-14/h2-3,6,8-12,15H,4-5,7H2,1H3/t9?,10-,11+,12-/m1/s1. The van der Waals surface area contributed by atoms with Crippen LogP contribution in [0.3, 0.4) is 0 Å². The average molecular weight is 278 g/mol. The summed E-state index contributed by atoms with van der Waals surface area (Å²) < 4.78 is 11.6. The second-order valence-corrected chi connectivity index (χ2v) is 6.41. The number of rotatable bonds is 3. The van der Waals surface area contributed by atoms with Gasteiger partial charge >= 0.3 is 5.95 Å². The van der Waals surface area contributed by atoms with E-state index in [1.165, 1.54) is 19.3 Å². The molecule has 0 aromatic carbocycles. The molecular weight excluding hydrogens is 260 g/mol. The van der Waals surface area contributed by atoms with E-state index in [-0.39, 0.29) is 6.23 Å².